The molecule has 1 fully saturated rings. The predicted octanol–water partition coefficient (Wildman–Crippen LogP) is 0.912. The van der Waals surface area contributed by atoms with Gasteiger partial charge >= 0.3 is 0 Å². The monoisotopic (exact) mass is 205 g/mol. The van der Waals surface area contributed by atoms with Crippen molar-refractivity contribution in [2.45, 2.75) is 18.9 Å². The van der Waals surface area contributed by atoms with Gasteiger partial charge in [-0.2, -0.15) is 0 Å². The zero-order valence-corrected chi connectivity index (χ0v) is 8.97. The normalized spacial score (nSPS) is 26.1. The molecule has 0 saturated carbocycles. The van der Waals surface area contributed by atoms with Crippen molar-refractivity contribution in [1.29, 1.82) is 0 Å². The fraction of sp³-hybridized carbons (Fsp3) is 0.417. The molecule has 0 spiro atoms. The van der Waals surface area contributed by atoms with Gasteiger partial charge in [-0.25, -0.2) is 0 Å². The van der Waals surface area contributed by atoms with E-state index in [2.05, 4.69) is 0 Å². The van der Waals surface area contributed by atoms with Crippen LogP contribution in [-0.4, -0.2) is 35.6 Å². The number of benzene rings is 1. The maximum absolute atomic E-state index is 11.8. The summed E-state index contributed by atoms with van der Waals surface area (Å²) in [5, 5.41) is 9.85. The Morgan fingerprint density at radius 1 is 1.40 bits per heavy atom. The summed E-state index contributed by atoms with van der Waals surface area (Å²) in [6.07, 6.45) is -0.580. The number of amides is 1. The van der Waals surface area contributed by atoms with Crippen LogP contribution in [0, 0.1) is 6.92 Å². The van der Waals surface area contributed by atoms with Gasteiger partial charge in [0.15, 0.2) is 0 Å². The molecule has 1 N–H and O–H groups in total. The van der Waals surface area contributed by atoms with Crippen LogP contribution in [0.15, 0.2) is 24.3 Å². The molecule has 1 heterocycles. The molecule has 1 aromatic rings. The molecule has 80 valence electrons. The van der Waals surface area contributed by atoms with Gasteiger partial charge in [0.25, 0.3) is 0 Å². The summed E-state index contributed by atoms with van der Waals surface area (Å²) in [5.41, 5.74) is 2.00. The third kappa shape index (κ3) is 1.63. The quantitative estimate of drug-likeness (QED) is 0.740. The summed E-state index contributed by atoms with van der Waals surface area (Å²) in [6.45, 7) is 2.39. The van der Waals surface area contributed by atoms with Gasteiger partial charge in [-0.3, -0.25) is 4.79 Å². The number of aliphatic hydroxyl groups excluding tert-OH is 1. The van der Waals surface area contributed by atoms with Crippen molar-refractivity contribution in [3.63, 3.8) is 0 Å². The Balaban J connectivity index is 2.39. The molecule has 3 nitrogen and oxygen atoms in total. The van der Waals surface area contributed by atoms with Crippen LogP contribution in [0.4, 0.5) is 0 Å². The highest BCUT2D eigenvalue weighted by atomic mass is 16.3. The summed E-state index contributed by atoms with van der Waals surface area (Å²) < 4.78 is 0. The molecule has 0 bridgehead atoms. The summed E-state index contributed by atoms with van der Waals surface area (Å²) >= 11 is 0. The molecule has 2 atom stereocenters. The minimum Gasteiger partial charge on any atom is -0.390 e. The van der Waals surface area contributed by atoms with E-state index in [0.717, 1.165) is 11.1 Å². The van der Waals surface area contributed by atoms with Crippen LogP contribution in [0.25, 0.3) is 0 Å². The first kappa shape index (κ1) is 10.2. The summed E-state index contributed by atoms with van der Waals surface area (Å²) in [7, 11) is 1.73. The summed E-state index contributed by atoms with van der Waals surface area (Å²) in [4.78, 5) is 13.4. The third-order valence-electron chi connectivity index (χ3n) is 3.01. The van der Waals surface area contributed by atoms with Crippen molar-refractivity contribution in [3.05, 3.63) is 35.4 Å². The van der Waals surface area contributed by atoms with E-state index >= 15 is 0 Å². The average molecular weight is 205 g/mol. The first-order valence-electron chi connectivity index (χ1n) is 5.10. The van der Waals surface area contributed by atoms with Gasteiger partial charge in [0.05, 0.1) is 12.0 Å². The fourth-order valence-electron chi connectivity index (χ4n) is 2.15. The molecule has 1 aliphatic rings. The van der Waals surface area contributed by atoms with Crippen LogP contribution >= 0.6 is 0 Å². The van der Waals surface area contributed by atoms with Crippen molar-refractivity contribution < 1.29 is 9.90 Å². The second-order valence-electron chi connectivity index (χ2n) is 4.12. The van der Waals surface area contributed by atoms with E-state index < -0.39 is 6.10 Å². The summed E-state index contributed by atoms with van der Waals surface area (Å²) in [6, 6.07) is 7.73. The Kier molecular flexibility index (Phi) is 2.49. The first-order valence-corrected chi connectivity index (χ1v) is 5.10. The number of β-amino-alcohol motifs (C(OH)–C–C–N with tert-alkyl or cyclic N) is 1. The molecule has 3 heteroatoms. The predicted molar refractivity (Wildman–Crippen MR) is 57.6 cm³/mol. The number of nitrogens with zero attached hydrogens (tertiary/aromatic N) is 1. The maximum Gasteiger partial charge on any atom is 0.232 e. The first-order chi connectivity index (χ1) is 7.11. The van der Waals surface area contributed by atoms with E-state index in [0.29, 0.717) is 6.54 Å². The van der Waals surface area contributed by atoms with Crippen LogP contribution in [0.1, 0.15) is 17.0 Å². The smallest absolute Gasteiger partial charge is 0.232 e. The molecule has 0 aliphatic carbocycles. The van der Waals surface area contributed by atoms with Gasteiger partial charge in [-0.1, -0.05) is 24.3 Å². The Morgan fingerprint density at radius 2 is 2.07 bits per heavy atom. The molecule has 15 heavy (non-hydrogen) atoms. The maximum atomic E-state index is 11.8. The SMILES string of the molecule is Cc1ccccc1C1C(=O)N(C)CC1O. The van der Waals surface area contributed by atoms with E-state index in [1.807, 2.05) is 31.2 Å². The number of carbonyl (C=O) groups excluding carboxylic acids is 1. The molecule has 0 radical (unpaired) electrons. The Morgan fingerprint density at radius 3 is 2.60 bits per heavy atom. The van der Waals surface area contributed by atoms with Crippen molar-refractivity contribution in [2.24, 2.45) is 0 Å². The number of aliphatic hydroxyl groups is 1. The fourth-order valence-corrected chi connectivity index (χ4v) is 2.15. The van der Waals surface area contributed by atoms with E-state index in [9.17, 15) is 9.90 Å². The van der Waals surface area contributed by atoms with E-state index in [4.69, 9.17) is 0 Å². The number of hydrogen-bond acceptors (Lipinski definition) is 2. The van der Waals surface area contributed by atoms with E-state index in [1.165, 1.54) is 0 Å². The highest BCUT2D eigenvalue weighted by Gasteiger charge is 2.38. The second kappa shape index (κ2) is 3.66. The zero-order chi connectivity index (χ0) is 11.0. The van der Waals surface area contributed by atoms with Gasteiger partial charge in [-0.15, -0.1) is 0 Å². The lowest BCUT2D eigenvalue weighted by Gasteiger charge is -2.14. The van der Waals surface area contributed by atoms with Crippen LogP contribution in [0.5, 0.6) is 0 Å². The summed E-state index contributed by atoms with van der Waals surface area (Å²) in [5.74, 6) is -0.368. The molecule has 2 rings (SSSR count). The molecule has 0 aromatic heterocycles. The van der Waals surface area contributed by atoms with Crippen molar-refractivity contribution in [3.8, 4) is 0 Å². The lowest BCUT2D eigenvalue weighted by atomic mass is 9.92. The zero-order valence-electron chi connectivity index (χ0n) is 8.97. The minimum absolute atomic E-state index is 0.0109. The molecular formula is C12H15NO2. The largest absolute Gasteiger partial charge is 0.390 e. The highest BCUT2D eigenvalue weighted by molar-refractivity contribution is 5.87. The van der Waals surface area contributed by atoms with Crippen LogP contribution in [0.2, 0.25) is 0 Å². The van der Waals surface area contributed by atoms with Gasteiger partial charge in [0.1, 0.15) is 0 Å². The van der Waals surface area contributed by atoms with Gasteiger partial charge in [0.2, 0.25) is 5.91 Å². The molecular weight excluding hydrogens is 190 g/mol. The lowest BCUT2D eigenvalue weighted by Crippen LogP contribution is -2.22. The molecule has 1 aliphatic heterocycles. The van der Waals surface area contributed by atoms with Crippen LogP contribution < -0.4 is 0 Å². The number of carbonyl (C=O) groups is 1. The molecule has 1 saturated heterocycles. The van der Waals surface area contributed by atoms with Crippen LogP contribution in [0.3, 0.4) is 0 Å². The number of rotatable bonds is 1. The number of aryl methyl sites for hydroxylation is 1. The van der Waals surface area contributed by atoms with Crippen molar-refractivity contribution in [2.75, 3.05) is 13.6 Å². The van der Waals surface area contributed by atoms with E-state index in [-0.39, 0.29) is 11.8 Å². The molecule has 1 amide bonds. The standard InChI is InChI=1S/C12H15NO2/c1-8-5-3-4-6-9(8)11-10(14)7-13(2)12(11)15/h3-6,10-11,14H,7H2,1-2H3. The topological polar surface area (TPSA) is 40.5 Å². The Bertz CT molecular complexity index is 389. The number of likely N-dealkylation sites (N-methyl/N-ethyl adjacent to an activating group) is 1. The van der Waals surface area contributed by atoms with Crippen molar-refractivity contribution in [1.82, 2.24) is 4.90 Å². The van der Waals surface area contributed by atoms with Gasteiger partial charge < -0.3 is 10.0 Å². The Hall–Kier alpha value is -1.35. The minimum atomic E-state index is -0.580. The molecule has 1 aromatic carbocycles. The number of likely N-dealkylation sites (tertiary alicyclic amines) is 1. The lowest BCUT2D eigenvalue weighted by molar-refractivity contribution is -0.128. The third-order valence-corrected chi connectivity index (χ3v) is 3.01. The van der Waals surface area contributed by atoms with E-state index in [1.54, 1.807) is 11.9 Å². The highest BCUT2D eigenvalue weighted by Crippen LogP contribution is 2.29. The average Bonchev–Trinajstić information content (AvgIpc) is 2.43. The van der Waals surface area contributed by atoms with Crippen LogP contribution in [-0.2, 0) is 4.79 Å². The van der Waals surface area contributed by atoms with Gasteiger partial charge in [0, 0.05) is 13.6 Å². The second-order valence-corrected chi connectivity index (χ2v) is 4.12. The molecule has 2 unspecified atom stereocenters. The number of hydrogen-bond donors (Lipinski definition) is 1. The van der Waals surface area contributed by atoms with Gasteiger partial charge in [-0.05, 0) is 18.1 Å². The van der Waals surface area contributed by atoms with Crippen molar-refractivity contribution >= 4 is 5.91 Å². The Labute approximate surface area is 89.3 Å².